The Hall–Kier alpha value is -0.820. The van der Waals surface area contributed by atoms with Gasteiger partial charge in [0.05, 0.1) is 0 Å². The molecule has 0 bridgehead atoms. The van der Waals surface area contributed by atoms with Gasteiger partial charge in [-0.15, -0.1) is 0 Å². The van der Waals surface area contributed by atoms with E-state index in [2.05, 4.69) is 46.0 Å². The molecular weight excluding hydrogens is 218 g/mol. The van der Waals surface area contributed by atoms with Crippen molar-refractivity contribution in [3.8, 4) is 0 Å². The normalized spacial score (nSPS) is 10.9. The molecular formula is C17H29N. The number of hydrogen-bond donors (Lipinski definition) is 1. The molecule has 0 aliphatic heterocycles. The van der Waals surface area contributed by atoms with Crippen LogP contribution >= 0.6 is 0 Å². The standard InChI is InChI=1S/C17H29N/c1-6-18-11-9-7-8-10-17-15(4)13(2)12-14(3)16(17)5/h12,18H,6-11H2,1-5H3. The van der Waals surface area contributed by atoms with Crippen LogP contribution in [0, 0.1) is 27.7 Å². The molecule has 1 N–H and O–H groups in total. The van der Waals surface area contributed by atoms with E-state index >= 15 is 0 Å². The molecule has 1 aromatic rings. The highest BCUT2D eigenvalue weighted by molar-refractivity contribution is 5.43. The molecule has 18 heavy (non-hydrogen) atoms. The van der Waals surface area contributed by atoms with Crippen LogP contribution < -0.4 is 5.32 Å². The molecule has 0 spiro atoms. The number of aryl methyl sites for hydroxylation is 2. The van der Waals surface area contributed by atoms with E-state index in [0.29, 0.717) is 0 Å². The molecule has 102 valence electrons. The van der Waals surface area contributed by atoms with Crippen molar-refractivity contribution in [1.82, 2.24) is 5.32 Å². The molecule has 0 atom stereocenters. The Bertz CT molecular complexity index is 353. The SMILES string of the molecule is CCNCCCCCc1c(C)c(C)cc(C)c1C. The van der Waals surface area contributed by atoms with Crippen LogP contribution in [0.3, 0.4) is 0 Å². The largest absolute Gasteiger partial charge is 0.317 e. The fraction of sp³-hybridized carbons (Fsp3) is 0.647. The highest BCUT2D eigenvalue weighted by Crippen LogP contribution is 2.23. The summed E-state index contributed by atoms with van der Waals surface area (Å²) in [7, 11) is 0. The first-order valence-electron chi connectivity index (χ1n) is 7.35. The molecule has 1 rings (SSSR count). The zero-order chi connectivity index (χ0) is 13.5. The fourth-order valence-corrected chi connectivity index (χ4v) is 2.58. The monoisotopic (exact) mass is 247 g/mol. The van der Waals surface area contributed by atoms with Crippen molar-refractivity contribution < 1.29 is 0 Å². The lowest BCUT2D eigenvalue weighted by Gasteiger charge is -2.15. The van der Waals surface area contributed by atoms with Gasteiger partial charge in [-0.05, 0) is 87.9 Å². The zero-order valence-corrected chi connectivity index (χ0v) is 12.8. The highest BCUT2D eigenvalue weighted by atomic mass is 14.8. The van der Waals surface area contributed by atoms with E-state index in [1.165, 1.54) is 54.5 Å². The minimum atomic E-state index is 1.09. The molecule has 0 saturated heterocycles. The summed E-state index contributed by atoms with van der Waals surface area (Å²) in [6.07, 6.45) is 5.19. The maximum Gasteiger partial charge on any atom is -0.00490 e. The minimum absolute atomic E-state index is 1.09. The lowest BCUT2D eigenvalue weighted by Crippen LogP contribution is -2.13. The first-order valence-corrected chi connectivity index (χ1v) is 7.35. The number of hydrogen-bond acceptors (Lipinski definition) is 1. The molecule has 0 aliphatic carbocycles. The average molecular weight is 247 g/mol. The second kappa shape index (κ2) is 7.58. The van der Waals surface area contributed by atoms with E-state index in [1.54, 1.807) is 5.56 Å². The third kappa shape index (κ3) is 4.13. The lowest BCUT2D eigenvalue weighted by atomic mass is 9.91. The molecule has 0 amide bonds. The molecule has 0 radical (unpaired) electrons. The van der Waals surface area contributed by atoms with E-state index in [4.69, 9.17) is 0 Å². The predicted molar refractivity (Wildman–Crippen MR) is 81.5 cm³/mol. The molecule has 0 aliphatic rings. The first-order chi connectivity index (χ1) is 8.57. The summed E-state index contributed by atoms with van der Waals surface area (Å²) in [5.41, 5.74) is 7.49. The fourth-order valence-electron chi connectivity index (χ4n) is 2.58. The van der Waals surface area contributed by atoms with Crippen molar-refractivity contribution >= 4 is 0 Å². The van der Waals surface area contributed by atoms with Crippen molar-refractivity contribution in [3.63, 3.8) is 0 Å². The number of nitrogens with one attached hydrogen (secondary N) is 1. The molecule has 0 unspecified atom stereocenters. The van der Waals surface area contributed by atoms with Crippen LogP contribution in [-0.2, 0) is 6.42 Å². The maximum atomic E-state index is 3.39. The van der Waals surface area contributed by atoms with Crippen molar-refractivity contribution in [2.75, 3.05) is 13.1 Å². The van der Waals surface area contributed by atoms with E-state index in [9.17, 15) is 0 Å². The second-order valence-corrected chi connectivity index (χ2v) is 5.40. The van der Waals surface area contributed by atoms with Crippen LogP contribution in [0.25, 0.3) is 0 Å². The summed E-state index contributed by atoms with van der Waals surface area (Å²) in [6.45, 7) is 13.4. The Balaban J connectivity index is 2.52. The number of rotatable bonds is 7. The van der Waals surface area contributed by atoms with Crippen LogP contribution in [0.15, 0.2) is 6.07 Å². The van der Waals surface area contributed by atoms with Crippen LogP contribution in [0.5, 0.6) is 0 Å². The smallest absolute Gasteiger partial charge is 0.00490 e. The van der Waals surface area contributed by atoms with Gasteiger partial charge in [-0.25, -0.2) is 0 Å². The van der Waals surface area contributed by atoms with Gasteiger partial charge in [-0.3, -0.25) is 0 Å². The molecule has 0 aromatic heterocycles. The molecule has 0 fully saturated rings. The summed E-state index contributed by atoms with van der Waals surface area (Å²) in [5, 5.41) is 3.39. The summed E-state index contributed by atoms with van der Waals surface area (Å²) < 4.78 is 0. The molecule has 0 heterocycles. The van der Waals surface area contributed by atoms with Gasteiger partial charge < -0.3 is 5.32 Å². The van der Waals surface area contributed by atoms with Gasteiger partial charge in [0, 0.05) is 0 Å². The van der Waals surface area contributed by atoms with Gasteiger partial charge in [-0.1, -0.05) is 19.4 Å². The van der Waals surface area contributed by atoms with E-state index in [-0.39, 0.29) is 0 Å². The molecule has 0 saturated carbocycles. The predicted octanol–water partition coefficient (Wildman–Crippen LogP) is 4.24. The molecule has 1 nitrogen and oxygen atoms in total. The van der Waals surface area contributed by atoms with Crippen molar-refractivity contribution in [2.24, 2.45) is 0 Å². The lowest BCUT2D eigenvalue weighted by molar-refractivity contribution is 0.615. The Labute approximate surface area is 113 Å². The summed E-state index contributed by atoms with van der Waals surface area (Å²) in [5.74, 6) is 0. The van der Waals surface area contributed by atoms with Gasteiger partial charge in [0.2, 0.25) is 0 Å². The Morgan fingerprint density at radius 1 is 0.889 bits per heavy atom. The van der Waals surface area contributed by atoms with Gasteiger partial charge in [0.25, 0.3) is 0 Å². The van der Waals surface area contributed by atoms with Gasteiger partial charge >= 0.3 is 0 Å². The van der Waals surface area contributed by atoms with Crippen LogP contribution in [0.2, 0.25) is 0 Å². The third-order valence-corrected chi connectivity index (χ3v) is 4.05. The van der Waals surface area contributed by atoms with Crippen molar-refractivity contribution in [1.29, 1.82) is 0 Å². The third-order valence-electron chi connectivity index (χ3n) is 4.05. The Morgan fingerprint density at radius 3 is 2.06 bits per heavy atom. The maximum absolute atomic E-state index is 3.39. The first kappa shape index (κ1) is 15.2. The van der Waals surface area contributed by atoms with Gasteiger partial charge in [0.1, 0.15) is 0 Å². The van der Waals surface area contributed by atoms with Crippen LogP contribution in [0.1, 0.15) is 54.0 Å². The quantitative estimate of drug-likeness (QED) is 0.711. The Morgan fingerprint density at radius 2 is 1.50 bits per heavy atom. The number of unbranched alkanes of at least 4 members (excludes halogenated alkanes) is 2. The van der Waals surface area contributed by atoms with Crippen molar-refractivity contribution in [2.45, 2.75) is 60.3 Å². The summed E-state index contributed by atoms with van der Waals surface area (Å²) in [6, 6.07) is 2.32. The topological polar surface area (TPSA) is 12.0 Å². The molecule has 1 heteroatoms. The van der Waals surface area contributed by atoms with Gasteiger partial charge in [0.15, 0.2) is 0 Å². The molecule has 1 aromatic carbocycles. The average Bonchev–Trinajstić information content (AvgIpc) is 2.35. The second-order valence-electron chi connectivity index (χ2n) is 5.40. The highest BCUT2D eigenvalue weighted by Gasteiger charge is 2.07. The van der Waals surface area contributed by atoms with Gasteiger partial charge in [-0.2, -0.15) is 0 Å². The van der Waals surface area contributed by atoms with E-state index in [1.807, 2.05) is 0 Å². The number of benzene rings is 1. The van der Waals surface area contributed by atoms with Crippen LogP contribution in [-0.4, -0.2) is 13.1 Å². The minimum Gasteiger partial charge on any atom is -0.317 e. The summed E-state index contributed by atoms with van der Waals surface area (Å²) in [4.78, 5) is 0. The zero-order valence-electron chi connectivity index (χ0n) is 12.8. The van der Waals surface area contributed by atoms with Crippen LogP contribution in [0.4, 0.5) is 0 Å². The van der Waals surface area contributed by atoms with Crippen molar-refractivity contribution in [3.05, 3.63) is 33.9 Å². The Kier molecular flexibility index (Phi) is 6.42. The van der Waals surface area contributed by atoms with E-state index in [0.717, 1.165) is 6.54 Å². The summed E-state index contributed by atoms with van der Waals surface area (Å²) >= 11 is 0. The van der Waals surface area contributed by atoms with E-state index < -0.39 is 0 Å².